The van der Waals surface area contributed by atoms with Crippen molar-refractivity contribution in [2.24, 2.45) is 0 Å². The van der Waals surface area contributed by atoms with Crippen LogP contribution in [0.1, 0.15) is 0 Å². The molecule has 2 heterocycles. The molecular formula is C12H15FN2O2. The predicted octanol–water partition coefficient (Wildman–Crippen LogP) is 1.16. The zero-order chi connectivity index (χ0) is 11.7. The lowest BCUT2D eigenvalue weighted by molar-refractivity contribution is 0.171. The van der Waals surface area contributed by atoms with Crippen LogP contribution < -0.4 is 19.7 Å². The summed E-state index contributed by atoms with van der Waals surface area (Å²) >= 11 is 0. The number of alkyl halides is 1. The van der Waals surface area contributed by atoms with Crippen molar-refractivity contribution >= 4 is 5.69 Å². The Morgan fingerprint density at radius 1 is 1.29 bits per heavy atom. The Kier molecular flexibility index (Phi) is 2.76. The summed E-state index contributed by atoms with van der Waals surface area (Å²) in [5.41, 5.74) is 0.923. The Morgan fingerprint density at radius 3 is 3.06 bits per heavy atom. The summed E-state index contributed by atoms with van der Waals surface area (Å²) in [6.07, 6.45) is -0.982. The number of halogens is 1. The minimum Gasteiger partial charge on any atom is -0.486 e. The van der Waals surface area contributed by atoms with Crippen LogP contribution >= 0.6 is 0 Å². The van der Waals surface area contributed by atoms with E-state index in [1.165, 1.54) is 0 Å². The first-order chi connectivity index (χ1) is 8.34. The molecule has 0 aliphatic carbocycles. The largest absolute Gasteiger partial charge is 0.486 e. The van der Waals surface area contributed by atoms with Crippen LogP contribution in [0.3, 0.4) is 0 Å². The molecule has 3 rings (SSSR count). The molecule has 0 radical (unpaired) electrons. The molecule has 1 atom stereocenters. The van der Waals surface area contributed by atoms with Gasteiger partial charge in [-0.15, -0.1) is 0 Å². The number of hydrogen-bond donors (Lipinski definition) is 1. The third kappa shape index (κ3) is 2.02. The monoisotopic (exact) mass is 238 g/mol. The van der Waals surface area contributed by atoms with Crippen molar-refractivity contribution in [3.63, 3.8) is 0 Å². The number of nitrogens with zero attached hydrogens (tertiary/aromatic N) is 1. The molecule has 0 aromatic heterocycles. The van der Waals surface area contributed by atoms with Crippen molar-refractivity contribution in [2.45, 2.75) is 6.30 Å². The number of hydrogen-bond acceptors (Lipinski definition) is 4. The van der Waals surface area contributed by atoms with Gasteiger partial charge in [-0.25, -0.2) is 4.39 Å². The van der Waals surface area contributed by atoms with E-state index in [4.69, 9.17) is 9.47 Å². The van der Waals surface area contributed by atoms with E-state index < -0.39 is 6.30 Å². The maximum atomic E-state index is 13.3. The van der Waals surface area contributed by atoms with Gasteiger partial charge in [0.2, 0.25) is 0 Å². The zero-order valence-electron chi connectivity index (χ0n) is 9.49. The van der Waals surface area contributed by atoms with Crippen molar-refractivity contribution in [1.29, 1.82) is 0 Å². The Bertz CT molecular complexity index is 413. The van der Waals surface area contributed by atoms with E-state index in [9.17, 15) is 4.39 Å². The fourth-order valence-corrected chi connectivity index (χ4v) is 2.23. The smallest absolute Gasteiger partial charge is 0.184 e. The van der Waals surface area contributed by atoms with Gasteiger partial charge < -0.3 is 14.4 Å². The number of fused-ring (bicyclic) bond motifs is 1. The van der Waals surface area contributed by atoms with Crippen LogP contribution in [0.5, 0.6) is 11.5 Å². The molecule has 0 spiro atoms. The third-order valence-corrected chi connectivity index (χ3v) is 3.01. The molecule has 92 valence electrons. The van der Waals surface area contributed by atoms with Crippen LogP contribution in [-0.4, -0.2) is 39.1 Å². The van der Waals surface area contributed by atoms with Crippen molar-refractivity contribution in [2.75, 3.05) is 37.7 Å². The molecule has 1 saturated heterocycles. The van der Waals surface area contributed by atoms with E-state index in [1.54, 1.807) is 0 Å². The highest BCUT2D eigenvalue weighted by Crippen LogP contribution is 2.39. The second-order valence-corrected chi connectivity index (χ2v) is 4.17. The van der Waals surface area contributed by atoms with Gasteiger partial charge in [0, 0.05) is 13.1 Å². The number of anilines is 1. The maximum Gasteiger partial charge on any atom is 0.184 e. The Balaban J connectivity index is 1.91. The lowest BCUT2D eigenvalue weighted by Crippen LogP contribution is -2.48. The number of nitrogens with one attached hydrogen (secondary N) is 1. The zero-order valence-corrected chi connectivity index (χ0v) is 9.49. The first-order valence-electron chi connectivity index (χ1n) is 5.85. The summed E-state index contributed by atoms with van der Waals surface area (Å²) in [4.78, 5) is 1.99. The van der Waals surface area contributed by atoms with Crippen LogP contribution in [-0.2, 0) is 0 Å². The van der Waals surface area contributed by atoms with Gasteiger partial charge in [-0.2, -0.15) is 0 Å². The van der Waals surface area contributed by atoms with Gasteiger partial charge in [-0.3, -0.25) is 5.32 Å². The molecule has 0 bridgehead atoms. The third-order valence-electron chi connectivity index (χ3n) is 3.01. The first-order valence-corrected chi connectivity index (χ1v) is 5.85. The SMILES string of the molecule is FC1CN(c2cccc3c2OCCO3)CCN1. The molecule has 2 aliphatic heterocycles. The number of rotatable bonds is 1. The summed E-state index contributed by atoms with van der Waals surface area (Å²) < 4.78 is 24.5. The van der Waals surface area contributed by atoms with Crippen LogP contribution in [0.15, 0.2) is 18.2 Å². The van der Waals surface area contributed by atoms with Gasteiger partial charge in [0.25, 0.3) is 0 Å². The number of para-hydroxylation sites is 1. The Morgan fingerprint density at radius 2 is 2.18 bits per heavy atom. The molecule has 0 saturated carbocycles. The van der Waals surface area contributed by atoms with E-state index in [1.807, 2.05) is 23.1 Å². The van der Waals surface area contributed by atoms with E-state index in [2.05, 4.69) is 5.32 Å². The Labute approximate surface area is 99.3 Å². The van der Waals surface area contributed by atoms with Crippen molar-refractivity contribution in [1.82, 2.24) is 5.32 Å². The molecule has 1 aromatic rings. The molecule has 1 N–H and O–H groups in total. The van der Waals surface area contributed by atoms with E-state index >= 15 is 0 Å². The minimum absolute atomic E-state index is 0.347. The van der Waals surface area contributed by atoms with Gasteiger partial charge >= 0.3 is 0 Å². The summed E-state index contributed by atoms with van der Waals surface area (Å²) in [5.74, 6) is 1.50. The average molecular weight is 238 g/mol. The molecular weight excluding hydrogens is 223 g/mol. The first kappa shape index (κ1) is 10.7. The van der Waals surface area contributed by atoms with E-state index in [0.717, 1.165) is 23.7 Å². The number of benzene rings is 1. The molecule has 17 heavy (non-hydrogen) atoms. The summed E-state index contributed by atoms with van der Waals surface area (Å²) in [7, 11) is 0. The van der Waals surface area contributed by atoms with Crippen LogP contribution in [0, 0.1) is 0 Å². The molecule has 0 amide bonds. The summed E-state index contributed by atoms with van der Waals surface area (Å²) in [6, 6.07) is 5.75. The molecule has 2 aliphatic rings. The summed E-state index contributed by atoms with van der Waals surface area (Å²) in [5, 5.41) is 2.78. The highest BCUT2D eigenvalue weighted by Gasteiger charge is 2.24. The highest BCUT2D eigenvalue weighted by molar-refractivity contribution is 5.65. The fourth-order valence-electron chi connectivity index (χ4n) is 2.23. The number of ether oxygens (including phenoxy) is 2. The topological polar surface area (TPSA) is 33.7 Å². The van der Waals surface area contributed by atoms with Gasteiger partial charge in [0.05, 0.1) is 12.2 Å². The van der Waals surface area contributed by atoms with Crippen molar-refractivity contribution in [3.05, 3.63) is 18.2 Å². The van der Waals surface area contributed by atoms with E-state index in [0.29, 0.717) is 26.3 Å². The average Bonchev–Trinajstić information content (AvgIpc) is 2.38. The quantitative estimate of drug-likeness (QED) is 0.744. The summed E-state index contributed by atoms with van der Waals surface area (Å²) in [6.45, 7) is 2.89. The van der Waals surface area contributed by atoms with Crippen molar-refractivity contribution < 1.29 is 13.9 Å². The van der Waals surface area contributed by atoms with Crippen molar-refractivity contribution in [3.8, 4) is 11.5 Å². The lowest BCUT2D eigenvalue weighted by Gasteiger charge is -2.33. The molecule has 1 unspecified atom stereocenters. The second kappa shape index (κ2) is 4.41. The van der Waals surface area contributed by atoms with Gasteiger partial charge in [0.1, 0.15) is 13.2 Å². The molecule has 5 heteroatoms. The fraction of sp³-hybridized carbons (Fsp3) is 0.500. The van der Waals surface area contributed by atoms with Crippen LogP contribution in [0.2, 0.25) is 0 Å². The lowest BCUT2D eigenvalue weighted by atomic mass is 10.2. The number of piperazine rings is 1. The predicted molar refractivity (Wildman–Crippen MR) is 62.5 cm³/mol. The second-order valence-electron chi connectivity index (χ2n) is 4.17. The van der Waals surface area contributed by atoms with Crippen LogP contribution in [0.25, 0.3) is 0 Å². The highest BCUT2D eigenvalue weighted by atomic mass is 19.1. The van der Waals surface area contributed by atoms with Crippen LogP contribution in [0.4, 0.5) is 10.1 Å². The normalized spacial score (nSPS) is 23.6. The van der Waals surface area contributed by atoms with E-state index in [-0.39, 0.29) is 0 Å². The molecule has 1 aromatic carbocycles. The Hall–Kier alpha value is -1.49. The van der Waals surface area contributed by atoms with Gasteiger partial charge in [-0.1, -0.05) is 6.07 Å². The van der Waals surface area contributed by atoms with Gasteiger partial charge in [0.15, 0.2) is 17.8 Å². The van der Waals surface area contributed by atoms with Gasteiger partial charge in [-0.05, 0) is 12.1 Å². The minimum atomic E-state index is -0.982. The maximum absolute atomic E-state index is 13.3. The molecule has 4 nitrogen and oxygen atoms in total. The molecule has 1 fully saturated rings. The standard InChI is InChI=1S/C12H15FN2O2/c13-11-8-15(5-4-14-11)9-2-1-3-10-12(9)17-7-6-16-10/h1-3,11,14H,4-8H2.